The van der Waals surface area contributed by atoms with Gasteiger partial charge in [-0.15, -0.1) is 0 Å². The van der Waals surface area contributed by atoms with Crippen LogP contribution in [0, 0.1) is 11.8 Å². The first-order valence-corrected chi connectivity index (χ1v) is 7.37. The van der Waals surface area contributed by atoms with Crippen molar-refractivity contribution >= 4 is 11.9 Å². The van der Waals surface area contributed by atoms with E-state index >= 15 is 0 Å². The summed E-state index contributed by atoms with van der Waals surface area (Å²) in [5.41, 5.74) is 0. The lowest BCUT2D eigenvalue weighted by Crippen LogP contribution is -2.13. The molecule has 4 heteroatoms. The molecule has 0 spiro atoms. The van der Waals surface area contributed by atoms with Crippen molar-refractivity contribution in [3.05, 3.63) is 0 Å². The maximum atomic E-state index is 10.7. The zero-order chi connectivity index (χ0) is 14.7. The van der Waals surface area contributed by atoms with E-state index in [2.05, 4.69) is 13.8 Å². The monoisotopic (exact) mass is 272 g/mol. The smallest absolute Gasteiger partial charge is 0.303 e. The number of carboxylic acids is 2. The van der Waals surface area contributed by atoms with Crippen LogP contribution in [0.4, 0.5) is 0 Å². The largest absolute Gasteiger partial charge is 0.481 e. The first-order chi connectivity index (χ1) is 8.93. The Morgan fingerprint density at radius 2 is 1.37 bits per heavy atom. The minimum atomic E-state index is -0.714. The molecule has 0 fully saturated rings. The maximum Gasteiger partial charge on any atom is 0.303 e. The number of aliphatic carboxylic acids is 2. The third-order valence-corrected chi connectivity index (χ3v) is 3.60. The van der Waals surface area contributed by atoms with Gasteiger partial charge in [-0.1, -0.05) is 46.0 Å². The van der Waals surface area contributed by atoms with Gasteiger partial charge in [0.25, 0.3) is 0 Å². The summed E-state index contributed by atoms with van der Waals surface area (Å²) < 4.78 is 0. The summed E-state index contributed by atoms with van der Waals surface area (Å²) in [5.74, 6) is -0.711. The molecule has 0 saturated heterocycles. The molecule has 0 radical (unpaired) electrons. The van der Waals surface area contributed by atoms with E-state index in [0.717, 1.165) is 44.9 Å². The van der Waals surface area contributed by atoms with Crippen molar-refractivity contribution in [2.45, 2.75) is 71.6 Å². The molecule has 1 unspecified atom stereocenters. The Labute approximate surface area is 116 Å². The molecule has 0 rings (SSSR count). The Kier molecular flexibility index (Phi) is 10.2. The van der Waals surface area contributed by atoms with Crippen LogP contribution in [0.2, 0.25) is 0 Å². The van der Waals surface area contributed by atoms with Gasteiger partial charge in [-0.25, -0.2) is 0 Å². The summed E-state index contributed by atoms with van der Waals surface area (Å²) in [5, 5.41) is 17.3. The van der Waals surface area contributed by atoms with Crippen molar-refractivity contribution < 1.29 is 19.8 Å². The predicted octanol–water partition coefficient (Wildman–Crippen LogP) is 3.94. The van der Waals surface area contributed by atoms with Crippen LogP contribution in [0.25, 0.3) is 0 Å². The van der Waals surface area contributed by atoms with E-state index < -0.39 is 11.9 Å². The molecule has 0 aromatic rings. The van der Waals surface area contributed by atoms with Gasteiger partial charge in [0.15, 0.2) is 0 Å². The molecule has 112 valence electrons. The predicted molar refractivity (Wildman–Crippen MR) is 75.2 cm³/mol. The molecule has 0 aliphatic carbocycles. The summed E-state index contributed by atoms with van der Waals surface area (Å²) in [4.78, 5) is 21.0. The van der Waals surface area contributed by atoms with E-state index in [9.17, 15) is 9.59 Å². The van der Waals surface area contributed by atoms with Crippen molar-refractivity contribution in [2.75, 3.05) is 0 Å². The fourth-order valence-corrected chi connectivity index (χ4v) is 2.29. The summed E-state index contributed by atoms with van der Waals surface area (Å²) in [6.45, 7) is 4.17. The molecule has 1 atom stereocenters. The Balaban J connectivity index is 3.50. The average Bonchev–Trinajstić information content (AvgIpc) is 2.29. The van der Waals surface area contributed by atoms with Crippen molar-refractivity contribution in [3.8, 4) is 0 Å². The Hall–Kier alpha value is -1.06. The van der Waals surface area contributed by atoms with Gasteiger partial charge >= 0.3 is 11.9 Å². The topological polar surface area (TPSA) is 74.6 Å². The van der Waals surface area contributed by atoms with E-state index in [4.69, 9.17) is 10.2 Å². The van der Waals surface area contributed by atoms with E-state index in [-0.39, 0.29) is 18.8 Å². The second-order valence-electron chi connectivity index (χ2n) is 5.66. The van der Waals surface area contributed by atoms with Crippen LogP contribution in [0.1, 0.15) is 71.6 Å². The van der Waals surface area contributed by atoms with Crippen LogP contribution < -0.4 is 0 Å². The van der Waals surface area contributed by atoms with Crippen LogP contribution in [-0.4, -0.2) is 22.2 Å². The van der Waals surface area contributed by atoms with Gasteiger partial charge in [-0.2, -0.15) is 0 Å². The van der Waals surface area contributed by atoms with Crippen molar-refractivity contribution in [3.63, 3.8) is 0 Å². The number of carboxylic acid groups (broad SMARTS) is 2. The summed E-state index contributed by atoms with van der Waals surface area (Å²) >= 11 is 0. The average molecular weight is 272 g/mol. The zero-order valence-corrected chi connectivity index (χ0v) is 12.2. The zero-order valence-electron chi connectivity index (χ0n) is 12.2. The highest BCUT2D eigenvalue weighted by molar-refractivity contribution is 5.67. The summed E-state index contributed by atoms with van der Waals surface area (Å²) in [7, 11) is 0. The third-order valence-electron chi connectivity index (χ3n) is 3.60. The third kappa shape index (κ3) is 11.7. The molecule has 0 bridgehead atoms. The standard InChI is InChI=1S/C15H28O4/c1-12(2)13(11-15(18)19)9-7-5-3-4-6-8-10-14(16)17/h12-13H,3-11H2,1-2H3,(H,16,17)(H,18,19). The van der Waals surface area contributed by atoms with Gasteiger partial charge < -0.3 is 10.2 Å². The highest BCUT2D eigenvalue weighted by atomic mass is 16.4. The minimum absolute atomic E-state index is 0.272. The summed E-state index contributed by atoms with van der Waals surface area (Å²) in [6, 6.07) is 0. The number of unbranched alkanes of at least 4 members (excludes halogenated alkanes) is 5. The number of hydrogen-bond acceptors (Lipinski definition) is 2. The second-order valence-corrected chi connectivity index (χ2v) is 5.66. The van der Waals surface area contributed by atoms with Crippen LogP contribution in [0.5, 0.6) is 0 Å². The Morgan fingerprint density at radius 3 is 1.84 bits per heavy atom. The highest BCUT2D eigenvalue weighted by Gasteiger charge is 2.16. The first kappa shape index (κ1) is 17.9. The first-order valence-electron chi connectivity index (χ1n) is 7.37. The number of hydrogen-bond donors (Lipinski definition) is 2. The molecule has 0 aromatic heterocycles. The molecular weight excluding hydrogens is 244 g/mol. The second kappa shape index (κ2) is 10.8. The highest BCUT2D eigenvalue weighted by Crippen LogP contribution is 2.22. The SMILES string of the molecule is CC(C)C(CCCCCCCCC(=O)O)CC(=O)O. The van der Waals surface area contributed by atoms with Gasteiger partial charge in [0.1, 0.15) is 0 Å². The fourth-order valence-electron chi connectivity index (χ4n) is 2.29. The molecule has 0 aliphatic heterocycles. The van der Waals surface area contributed by atoms with E-state index in [1.54, 1.807) is 0 Å². The minimum Gasteiger partial charge on any atom is -0.481 e. The number of rotatable bonds is 12. The molecule has 19 heavy (non-hydrogen) atoms. The van der Waals surface area contributed by atoms with Gasteiger partial charge in [-0.05, 0) is 24.7 Å². The lowest BCUT2D eigenvalue weighted by molar-refractivity contribution is -0.139. The van der Waals surface area contributed by atoms with Crippen molar-refractivity contribution in [2.24, 2.45) is 11.8 Å². The summed E-state index contributed by atoms with van der Waals surface area (Å²) in [6.07, 6.45) is 7.68. The molecule has 0 amide bonds. The Morgan fingerprint density at radius 1 is 0.842 bits per heavy atom. The number of carbonyl (C=O) groups is 2. The molecule has 0 aliphatic rings. The lowest BCUT2D eigenvalue weighted by atomic mass is 9.87. The molecule has 0 aromatic carbocycles. The van der Waals surface area contributed by atoms with Crippen molar-refractivity contribution in [1.29, 1.82) is 0 Å². The van der Waals surface area contributed by atoms with Gasteiger partial charge in [0.05, 0.1) is 0 Å². The van der Waals surface area contributed by atoms with Gasteiger partial charge in [-0.3, -0.25) is 9.59 Å². The maximum absolute atomic E-state index is 10.7. The quantitative estimate of drug-likeness (QED) is 0.528. The van der Waals surface area contributed by atoms with E-state index in [0.29, 0.717) is 5.92 Å². The van der Waals surface area contributed by atoms with E-state index in [1.807, 2.05) is 0 Å². The van der Waals surface area contributed by atoms with E-state index in [1.165, 1.54) is 0 Å². The van der Waals surface area contributed by atoms with Gasteiger partial charge in [0, 0.05) is 12.8 Å². The molecule has 2 N–H and O–H groups in total. The Bertz CT molecular complexity index is 261. The van der Waals surface area contributed by atoms with Crippen LogP contribution >= 0.6 is 0 Å². The molecule has 4 nitrogen and oxygen atoms in total. The molecule has 0 heterocycles. The molecule has 0 saturated carbocycles. The fraction of sp³-hybridized carbons (Fsp3) is 0.867. The lowest BCUT2D eigenvalue weighted by Gasteiger charge is -2.18. The normalized spacial score (nSPS) is 12.6. The van der Waals surface area contributed by atoms with Crippen LogP contribution in [0.3, 0.4) is 0 Å². The van der Waals surface area contributed by atoms with Crippen LogP contribution in [-0.2, 0) is 9.59 Å². The van der Waals surface area contributed by atoms with Crippen LogP contribution in [0.15, 0.2) is 0 Å². The molecular formula is C15H28O4. The van der Waals surface area contributed by atoms with Crippen molar-refractivity contribution in [1.82, 2.24) is 0 Å². The van der Waals surface area contributed by atoms with Gasteiger partial charge in [0.2, 0.25) is 0 Å².